The van der Waals surface area contributed by atoms with Crippen LogP contribution in [0.4, 0.5) is 0 Å². The maximum atomic E-state index is 11.0. The number of carbonyl (C=O) groups is 1. The van der Waals surface area contributed by atoms with Crippen LogP contribution in [0.3, 0.4) is 0 Å². The monoisotopic (exact) mass is 187 g/mol. The Bertz CT molecular complexity index is 232. The molecule has 0 atom stereocenters. The van der Waals surface area contributed by atoms with Crippen molar-refractivity contribution in [3.8, 4) is 0 Å². The van der Waals surface area contributed by atoms with Gasteiger partial charge in [0.2, 0.25) is 0 Å². The van der Waals surface area contributed by atoms with Crippen LogP contribution >= 0.6 is 0 Å². The number of ether oxygens (including phenoxy) is 1. The molecular formula is C11H20O2. The summed E-state index contributed by atoms with van der Waals surface area (Å²) in [7, 11) is -2.60. The van der Waals surface area contributed by atoms with Gasteiger partial charge < -0.3 is 4.74 Å². The van der Waals surface area contributed by atoms with E-state index in [0.717, 1.165) is 12.8 Å². The Kier molecular flexibility index (Phi) is 4.58. The fraction of sp³-hybridized carbons (Fsp3) is 0.727. The molecule has 0 aliphatic rings. The summed E-state index contributed by atoms with van der Waals surface area (Å²) in [6, 6.07) is 0. The van der Waals surface area contributed by atoms with E-state index in [1.807, 2.05) is 0 Å². The molecule has 13 heavy (non-hydrogen) atoms. The highest BCUT2D eigenvalue weighted by Gasteiger charge is 1.97. The van der Waals surface area contributed by atoms with E-state index in [9.17, 15) is 4.79 Å². The minimum atomic E-state index is -2.60. The Balaban J connectivity index is 3.49. The number of allylic oxidation sites excluding steroid dienone is 2. The predicted molar refractivity (Wildman–Crippen MR) is 54.5 cm³/mol. The molecule has 0 rings (SSSR count). The van der Waals surface area contributed by atoms with Gasteiger partial charge in [-0.15, -0.1) is 0 Å². The Hall–Kier alpha value is -0.790. The quantitative estimate of drug-likeness (QED) is 0.363. The van der Waals surface area contributed by atoms with Crippen molar-refractivity contribution in [2.75, 3.05) is 7.04 Å². The van der Waals surface area contributed by atoms with Crippen LogP contribution in [0.5, 0.6) is 0 Å². The van der Waals surface area contributed by atoms with Crippen molar-refractivity contribution in [2.45, 2.75) is 39.5 Å². The molecule has 0 amide bonds. The Labute approximate surface area is 85.2 Å². The van der Waals surface area contributed by atoms with Crippen molar-refractivity contribution in [1.82, 2.24) is 0 Å². The van der Waals surface area contributed by atoms with Crippen LogP contribution in [0, 0.1) is 5.92 Å². The summed E-state index contributed by atoms with van der Waals surface area (Å²) in [6.45, 7) is 4.20. The van der Waals surface area contributed by atoms with Crippen molar-refractivity contribution < 1.29 is 13.6 Å². The predicted octanol–water partition coefficient (Wildman–Crippen LogP) is 2.93. The number of rotatable bonds is 6. The van der Waals surface area contributed by atoms with Gasteiger partial charge in [0.05, 0.1) is 11.2 Å². The molecule has 0 fully saturated rings. The van der Waals surface area contributed by atoms with Gasteiger partial charge in [-0.1, -0.05) is 26.0 Å². The second-order valence-electron chi connectivity index (χ2n) is 3.39. The Morgan fingerprint density at radius 1 is 1.54 bits per heavy atom. The van der Waals surface area contributed by atoms with E-state index < -0.39 is 13.0 Å². The highest BCUT2D eigenvalue weighted by atomic mass is 16.5. The molecule has 0 saturated heterocycles. The average molecular weight is 187 g/mol. The number of hydrogen-bond donors (Lipinski definition) is 0. The summed E-state index contributed by atoms with van der Waals surface area (Å²) < 4.78 is 24.4. The largest absolute Gasteiger partial charge is 0.469 e. The third-order valence-corrected chi connectivity index (χ3v) is 1.64. The van der Waals surface area contributed by atoms with E-state index in [0.29, 0.717) is 12.3 Å². The van der Waals surface area contributed by atoms with Crippen LogP contribution in [0.25, 0.3) is 0 Å². The summed E-state index contributed by atoms with van der Waals surface area (Å²) in [5, 5.41) is 0. The zero-order chi connectivity index (χ0) is 12.6. The van der Waals surface area contributed by atoms with Gasteiger partial charge in [0, 0.05) is 6.42 Å². The highest BCUT2D eigenvalue weighted by molar-refractivity contribution is 5.68. The summed E-state index contributed by atoms with van der Waals surface area (Å²) in [4.78, 5) is 11.0. The smallest absolute Gasteiger partial charge is 0.305 e. The summed E-state index contributed by atoms with van der Waals surface area (Å²) >= 11 is 0. The molecule has 0 aliphatic carbocycles. The zero-order valence-corrected chi connectivity index (χ0v) is 8.38. The van der Waals surface area contributed by atoms with Gasteiger partial charge in [-0.3, -0.25) is 4.79 Å². The normalized spacial score (nSPS) is 15.5. The lowest BCUT2D eigenvalue weighted by Crippen LogP contribution is -1.98. The van der Waals surface area contributed by atoms with Gasteiger partial charge >= 0.3 is 5.97 Å². The maximum Gasteiger partial charge on any atom is 0.305 e. The molecule has 0 radical (unpaired) electrons. The van der Waals surface area contributed by atoms with Crippen LogP contribution in [0.15, 0.2) is 12.2 Å². The van der Waals surface area contributed by atoms with Crippen LogP contribution in [0.2, 0.25) is 0 Å². The zero-order valence-electron chi connectivity index (χ0n) is 11.4. The molecule has 2 nitrogen and oxygen atoms in total. The van der Waals surface area contributed by atoms with Crippen LogP contribution < -0.4 is 0 Å². The van der Waals surface area contributed by atoms with Gasteiger partial charge in [0.25, 0.3) is 0 Å². The molecule has 0 heterocycles. The number of methoxy groups -OCH3 is 1. The summed E-state index contributed by atoms with van der Waals surface area (Å²) in [5.74, 6) is -0.103. The number of hydrogen-bond acceptors (Lipinski definition) is 2. The first kappa shape index (κ1) is 7.60. The van der Waals surface area contributed by atoms with Gasteiger partial charge in [-0.2, -0.15) is 0 Å². The standard InChI is InChI=1S/C11H20O2/c1-10(2)8-6-4-5-7-9-11(12)13-3/h6,8,10H,4-5,7,9H2,1-3H3/b8-6-/i3D3. The van der Waals surface area contributed by atoms with E-state index in [2.05, 4.69) is 30.7 Å². The van der Waals surface area contributed by atoms with Crippen LogP contribution in [-0.2, 0) is 9.53 Å². The van der Waals surface area contributed by atoms with Crippen LogP contribution in [-0.4, -0.2) is 13.0 Å². The lowest BCUT2D eigenvalue weighted by Gasteiger charge is -1.97. The van der Waals surface area contributed by atoms with Gasteiger partial charge in [0.15, 0.2) is 0 Å². The fourth-order valence-electron chi connectivity index (χ4n) is 0.951. The van der Waals surface area contributed by atoms with E-state index in [1.54, 1.807) is 0 Å². The van der Waals surface area contributed by atoms with Crippen LogP contribution in [0.1, 0.15) is 43.6 Å². The molecule has 0 aromatic heterocycles. The minimum Gasteiger partial charge on any atom is -0.469 e. The molecule has 0 bridgehead atoms. The second kappa shape index (κ2) is 7.84. The van der Waals surface area contributed by atoms with E-state index in [4.69, 9.17) is 4.11 Å². The first-order valence-corrected chi connectivity index (χ1v) is 4.70. The number of unbranched alkanes of at least 4 members (excludes halogenated alkanes) is 2. The Morgan fingerprint density at radius 3 is 2.92 bits per heavy atom. The van der Waals surface area contributed by atoms with E-state index in [-0.39, 0.29) is 6.42 Å². The lowest BCUT2D eigenvalue weighted by atomic mass is 10.1. The third-order valence-electron chi connectivity index (χ3n) is 1.64. The first-order chi connectivity index (χ1) is 7.31. The molecule has 0 aromatic carbocycles. The SMILES string of the molecule is [2H]C([2H])([2H])OC(=O)CCCC/C=C\C(C)C. The lowest BCUT2D eigenvalue weighted by molar-refractivity contribution is -0.140. The van der Waals surface area contributed by atoms with Gasteiger partial charge in [-0.25, -0.2) is 0 Å². The molecule has 2 heteroatoms. The van der Waals surface area contributed by atoms with E-state index >= 15 is 0 Å². The molecule has 0 aromatic rings. The average Bonchev–Trinajstić information content (AvgIpc) is 2.07. The number of esters is 1. The summed E-state index contributed by atoms with van der Waals surface area (Å²) in [5.41, 5.74) is 0. The first-order valence-electron chi connectivity index (χ1n) is 6.20. The van der Waals surface area contributed by atoms with Crippen molar-refractivity contribution in [3.63, 3.8) is 0 Å². The minimum absolute atomic E-state index is 0.175. The molecular weight excluding hydrogens is 164 g/mol. The second-order valence-corrected chi connectivity index (χ2v) is 3.39. The van der Waals surface area contributed by atoms with Crippen molar-refractivity contribution in [2.24, 2.45) is 5.92 Å². The topological polar surface area (TPSA) is 26.3 Å². The maximum absolute atomic E-state index is 11.0. The van der Waals surface area contributed by atoms with Crippen molar-refractivity contribution >= 4 is 5.97 Å². The molecule has 76 valence electrons. The number of carbonyl (C=O) groups excluding carboxylic acids is 1. The molecule has 0 unspecified atom stereocenters. The fourth-order valence-corrected chi connectivity index (χ4v) is 0.951. The molecule has 0 saturated carbocycles. The third kappa shape index (κ3) is 9.12. The molecule has 0 spiro atoms. The highest BCUT2D eigenvalue weighted by Crippen LogP contribution is 2.03. The summed E-state index contributed by atoms with van der Waals surface area (Å²) in [6.07, 6.45) is 6.82. The molecule has 0 aliphatic heterocycles. The van der Waals surface area contributed by atoms with E-state index in [1.165, 1.54) is 0 Å². The Morgan fingerprint density at radius 2 is 2.31 bits per heavy atom. The van der Waals surface area contributed by atoms with Crippen molar-refractivity contribution in [1.29, 1.82) is 0 Å². The van der Waals surface area contributed by atoms with Gasteiger partial charge in [0.1, 0.15) is 0 Å². The van der Waals surface area contributed by atoms with Gasteiger partial charge in [-0.05, 0) is 25.2 Å². The molecule has 0 N–H and O–H groups in total. The van der Waals surface area contributed by atoms with Crippen molar-refractivity contribution in [3.05, 3.63) is 12.2 Å².